The molecular weight excluding hydrogens is 310 g/mol. The van der Waals surface area contributed by atoms with Gasteiger partial charge in [-0.05, 0) is 43.2 Å². The van der Waals surface area contributed by atoms with Crippen molar-refractivity contribution in [3.63, 3.8) is 0 Å². The van der Waals surface area contributed by atoms with Crippen molar-refractivity contribution in [2.45, 2.75) is 19.9 Å². The van der Waals surface area contributed by atoms with Gasteiger partial charge < -0.3 is 5.32 Å². The van der Waals surface area contributed by atoms with Crippen LogP contribution in [0.5, 0.6) is 0 Å². The van der Waals surface area contributed by atoms with Crippen LogP contribution >= 0.6 is 0 Å². The topological polar surface area (TPSA) is 66.0 Å². The summed E-state index contributed by atoms with van der Waals surface area (Å²) >= 11 is 0. The first kappa shape index (κ1) is 15.2. The van der Waals surface area contributed by atoms with E-state index in [1.165, 1.54) is 0 Å². The standard InChI is InChI=1S/C20H17N5/c1-13-15(12-21)6-5-8-16(13)14(2)23-19-17-7-3-4-9-18(17)25-11-10-22-20(25)24-19/h3-11,14H,1-2H3,(H,22,23,24). The van der Waals surface area contributed by atoms with Crippen LogP contribution in [0.25, 0.3) is 16.7 Å². The maximum atomic E-state index is 9.26. The fourth-order valence-electron chi connectivity index (χ4n) is 3.25. The predicted octanol–water partition coefficient (Wildman–Crippen LogP) is 4.24. The minimum atomic E-state index is 0.0154. The molecule has 4 rings (SSSR count). The van der Waals surface area contributed by atoms with Crippen molar-refractivity contribution in [1.82, 2.24) is 14.4 Å². The maximum absolute atomic E-state index is 9.26. The number of fused-ring (bicyclic) bond motifs is 3. The normalized spacial score (nSPS) is 12.2. The molecule has 1 atom stereocenters. The molecule has 0 spiro atoms. The summed E-state index contributed by atoms with van der Waals surface area (Å²) in [4.78, 5) is 9.00. The highest BCUT2D eigenvalue weighted by atomic mass is 15.1. The lowest BCUT2D eigenvalue weighted by Crippen LogP contribution is -2.11. The van der Waals surface area contributed by atoms with Crippen LogP contribution in [-0.2, 0) is 0 Å². The van der Waals surface area contributed by atoms with Crippen molar-refractivity contribution in [1.29, 1.82) is 5.26 Å². The summed E-state index contributed by atoms with van der Waals surface area (Å²) in [7, 11) is 0. The molecule has 0 amide bonds. The molecule has 1 unspecified atom stereocenters. The lowest BCUT2D eigenvalue weighted by atomic mass is 9.98. The van der Waals surface area contributed by atoms with Gasteiger partial charge in [-0.2, -0.15) is 10.2 Å². The first-order chi connectivity index (χ1) is 12.2. The molecule has 0 saturated heterocycles. The zero-order chi connectivity index (χ0) is 17.4. The summed E-state index contributed by atoms with van der Waals surface area (Å²) in [6.07, 6.45) is 3.67. The van der Waals surface area contributed by atoms with E-state index in [2.05, 4.69) is 40.4 Å². The zero-order valence-corrected chi connectivity index (χ0v) is 14.1. The van der Waals surface area contributed by atoms with E-state index in [0.717, 1.165) is 27.8 Å². The number of nitriles is 1. The lowest BCUT2D eigenvalue weighted by molar-refractivity contribution is 0.865. The molecule has 0 bridgehead atoms. The minimum Gasteiger partial charge on any atom is -0.363 e. The molecule has 0 aliphatic carbocycles. The molecule has 2 heterocycles. The van der Waals surface area contributed by atoms with Gasteiger partial charge in [0.2, 0.25) is 5.78 Å². The van der Waals surface area contributed by atoms with Crippen molar-refractivity contribution < 1.29 is 0 Å². The first-order valence-corrected chi connectivity index (χ1v) is 8.17. The predicted molar refractivity (Wildman–Crippen MR) is 98.4 cm³/mol. The van der Waals surface area contributed by atoms with E-state index in [9.17, 15) is 5.26 Å². The molecule has 25 heavy (non-hydrogen) atoms. The van der Waals surface area contributed by atoms with Gasteiger partial charge in [0.1, 0.15) is 5.82 Å². The van der Waals surface area contributed by atoms with Gasteiger partial charge in [0.15, 0.2) is 0 Å². The van der Waals surface area contributed by atoms with E-state index in [1.807, 2.05) is 47.9 Å². The van der Waals surface area contributed by atoms with Crippen LogP contribution < -0.4 is 5.32 Å². The van der Waals surface area contributed by atoms with Crippen LogP contribution in [0.15, 0.2) is 54.9 Å². The van der Waals surface area contributed by atoms with Crippen molar-refractivity contribution in [3.05, 3.63) is 71.5 Å². The third-order valence-corrected chi connectivity index (χ3v) is 4.57. The number of hydrogen-bond acceptors (Lipinski definition) is 4. The number of imidazole rings is 1. The average molecular weight is 327 g/mol. The Hall–Kier alpha value is -3.39. The third-order valence-electron chi connectivity index (χ3n) is 4.57. The van der Waals surface area contributed by atoms with Gasteiger partial charge in [0.05, 0.1) is 23.2 Å². The van der Waals surface area contributed by atoms with E-state index in [-0.39, 0.29) is 6.04 Å². The largest absolute Gasteiger partial charge is 0.363 e. The monoisotopic (exact) mass is 327 g/mol. The zero-order valence-electron chi connectivity index (χ0n) is 14.1. The quantitative estimate of drug-likeness (QED) is 0.611. The molecule has 0 saturated carbocycles. The highest BCUT2D eigenvalue weighted by Gasteiger charge is 2.14. The Morgan fingerprint density at radius 3 is 2.84 bits per heavy atom. The van der Waals surface area contributed by atoms with Crippen LogP contribution in [0, 0.1) is 18.3 Å². The molecule has 0 aliphatic rings. The minimum absolute atomic E-state index is 0.0154. The van der Waals surface area contributed by atoms with Crippen molar-refractivity contribution >= 4 is 22.5 Å². The van der Waals surface area contributed by atoms with Crippen molar-refractivity contribution in [2.75, 3.05) is 5.32 Å². The van der Waals surface area contributed by atoms with E-state index in [1.54, 1.807) is 6.20 Å². The average Bonchev–Trinajstić information content (AvgIpc) is 3.10. The summed E-state index contributed by atoms with van der Waals surface area (Å²) in [5, 5.41) is 13.8. The summed E-state index contributed by atoms with van der Waals surface area (Å²) in [5.74, 6) is 1.46. The molecule has 122 valence electrons. The molecule has 0 aliphatic heterocycles. The Labute approximate surface area is 145 Å². The van der Waals surface area contributed by atoms with Gasteiger partial charge in [-0.25, -0.2) is 4.98 Å². The Bertz CT molecular complexity index is 1120. The number of hydrogen-bond donors (Lipinski definition) is 1. The van der Waals surface area contributed by atoms with Gasteiger partial charge in [0.25, 0.3) is 0 Å². The van der Waals surface area contributed by atoms with E-state index in [4.69, 9.17) is 0 Å². The van der Waals surface area contributed by atoms with Gasteiger partial charge in [-0.3, -0.25) is 4.40 Å². The SMILES string of the molecule is Cc1c(C#N)cccc1C(C)Nc1nc2nccn2c2ccccc12. The first-order valence-electron chi connectivity index (χ1n) is 8.17. The smallest absolute Gasteiger partial charge is 0.236 e. The van der Waals surface area contributed by atoms with Crippen LogP contribution in [-0.4, -0.2) is 14.4 Å². The highest BCUT2D eigenvalue weighted by molar-refractivity contribution is 5.91. The van der Waals surface area contributed by atoms with Gasteiger partial charge in [0, 0.05) is 17.8 Å². The van der Waals surface area contributed by atoms with Crippen molar-refractivity contribution in [3.8, 4) is 6.07 Å². The summed E-state index contributed by atoms with van der Waals surface area (Å²) < 4.78 is 1.98. The molecule has 0 fully saturated rings. The second-order valence-corrected chi connectivity index (χ2v) is 6.07. The molecule has 1 N–H and O–H groups in total. The van der Waals surface area contributed by atoms with E-state index < -0.39 is 0 Å². The number of rotatable bonds is 3. The number of nitrogens with one attached hydrogen (secondary N) is 1. The Morgan fingerprint density at radius 2 is 2.00 bits per heavy atom. The molecule has 4 aromatic rings. The van der Waals surface area contributed by atoms with Gasteiger partial charge >= 0.3 is 0 Å². The van der Waals surface area contributed by atoms with Crippen molar-refractivity contribution in [2.24, 2.45) is 0 Å². The second kappa shape index (κ2) is 5.91. The van der Waals surface area contributed by atoms with Crippen LogP contribution in [0.1, 0.15) is 29.7 Å². The second-order valence-electron chi connectivity index (χ2n) is 6.07. The maximum Gasteiger partial charge on any atom is 0.236 e. The number of benzene rings is 2. The Kier molecular flexibility index (Phi) is 3.58. The molecule has 2 aromatic heterocycles. The molecule has 0 radical (unpaired) electrons. The lowest BCUT2D eigenvalue weighted by Gasteiger charge is -2.19. The molecule has 5 heteroatoms. The number of para-hydroxylation sites is 1. The van der Waals surface area contributed by atoms with Gasteiger partial charge in [-0.1, -0.05) is 24.3 Å². The van der Waals surface area contributed by atoms with E-state index in [0.29, 0.717) is 11.3 Å². The number of anilines is 1. The Morgan fingerprint density at radius 1 is 1.16 bits per heavy atom. The highest BCUT2D eigenvalue weighted by Crippen LogP contribution is 2.28. The summed E-state index contributed by atoms with van der Waals surface area (Å²) in [5.41, 5.74) is 3.85. The molecule has 2 aromatic carbocycles. The fourth-order valence-corrected chi connectivity index (χ4v) is 3.25. The van der Waals surface area contributed by atoms with Crippen LogP contribution in [0.3, 0.4) is 0 Å². The fraction of sp³-hybridized carbons (Fsp3) is 0.150. The summed E-state index contributed by atoms with van der Waals surface area (Å²) in [6, 6.07) is 16.2. The van der Waals surface area contributed by atoms with E-state index >= 15 is 0 Å². The van der Waals surface area contributed by atoms with Crippen LogP contribution in [0.2, 0.25) is 0 Å². The third kappa shape index (κ3) is 2.48. The molecule has 5 nitrogen and oxygen atoms in total. The Balaban J connectivity index is 1.81. The number of nitrogens with zero attached hydrogens (tertiary/aromatic N) is 4. The number of aromatic nitrogens is 3. The summed E-state index contributed by atoms with van der Waals surface area (Å²) in [6.45, 7) is 4.06. The molecular formula is C20H17N5. The van der Waals surface area contributed by atoms with Crippen LogP contribution in [0.4, 0.5) is 5.82 Å². The van der Waals surface area contributed by atoms with Gasteiger partial charge in [-0.15, -0.1) is 0 Å².